The number of carbonyl (C=O) groups excluding carboxylic acids is 2. The first-order chi connectivity index (χ1) is 6.65. The van der Waals surface area contributed by atoms with Crippen molar-refractivity contribution in [1.29, 1.82) is 0 Å². The minimum absolute atomic E-state index is 0.0892. The van der Waals surface area contributed by atoms with Gasteiger partial charge in [0.25, 0.3) is 5.91 Å². The zero-order valence-corrected chi connectivity index (χ0v) is 6.95. The number of rotatable bonds is 1. The molecule has 1 heterocycles. The summed E-state index contributed by atoms with van der Waals surface area (Å²) in [7, 11) is 0. The molecule has 0 spiro atoms. The molecular weight excluding hydrogens is 187 g/mol. The Bertz CT molecular complexity index is 446. The van der Waals surface area contributed by atoms with E-state index in [1.165, 1.54) is 6.07 Å². The summed E-state index contributed by atoms with van der Waals surface area (Å²) in [5.41, 5.74) is 4.57. The maximum absolute atomic E-state index is 12.8. The zero-order valence-electron chi connectivity index (χ0n) is 6.95. The molecule has 70 valence electrons. The number of primary amides is 1. The number of hydrogen-bond donors (Lipinski definition) is 1. The lowest BCUT2D eigenvalue weighted by atomic mass is 10.1. The fraction of sp³-hybridized carbons (Fsp3) is 0. The highest BCUT2D eigenvalue weighted by atomic mass is 19.1. The van der Waals surface area contributed by atoms with E-state index in [9.17, 15) is 14.0 Å². The van der Waals surface area contributed by atoms with Crippen LogP contribution in [0.15, 0.2) is 12.3 Å². The van der Waals surface area contributed by atoms with Crippen molar-refractivity contribution in [3.05, 3.63) is 29.3 Å². The number of halogens is 1. The van der Waals surface area contributed by atoms with Crippen LogP contribution >= 0.6 is 0 Å². The maximum atomic E-state index is 12.8. The summed E-state index contributed by atoms with van der Waals surface area (Å²) in [4.78, 5) is 24.0. The third-order valence-electron chi connectivity index (χ3n) is 1.38. The minimum atomic E-state index is -0.920. The fourth-order valence-electron chi connectivity index (χ4n) is 0.798. The van der Waals surface area contributed by atoms with Gasteiger partial charge < -0.3 is 5.73 Å². The molecule has 0 radical (unpaired) electrons. The Morgan fingerprint density at radius 1 is 1.64 bits per heavy atom. The van der Waals surface area contributed by atoms with Gasteiger partial charge >= 0.3 is 0 Å². The molecule has 0 aliphatic heterocycles. The fourth-order valence-corrected chi connectivity index (χ4v) is 0.798. The van der Waals surface area contributed by atoms with Crippen LogP contribution in [0.1, 0.15) is 15.9 Å². The molecule has 2 N–H and O–H groups in total. The lowest BCUT2D eigenvalue weighted by molar-refractivity contribution is -0.112. The van der Waals surface area contributed by atoms with E-state index in [1.807, 2.05) is 5.92 Å². The van der Waals surface area contributed by atoms with E-state index in [2.05, 4.69) is 10.9 Å². The van der Waals surface area contributed by atoms with E-state index < -0.39 is 11.9 Å². The van der Waals surface area contributed by atoms with E-state index in [0.717, 1.165) is 6.20 Å². The van der Waals surface area contributed by atoms with Gasteiger partial charge in [-0.1, -0.05) is 5.92 Å². The Morgan fingerprint density at radius 3 is 2.93 bits per heavy atom. The molecule has 0 fully saturated rings. The van der Waals surface area contributed by atoms with Crippen LogP contribution < -0.4 is 5.73 Å². The zero-order chi connectivity index (χ0) is 10.6. The summed E-state index contributed by atoms with van der Waals surface area (Å²) in [6.45, 7) is 0. The van der Waals surface area contributed by atoms with Gasteiger partial charge in [-0.25, -0.2) is 4.98 Å². The monoisotopic (exact) mass is 192 g/mol. The number of aldehydes is 1. The van der Waals surface area contributed by atoms with Crippen LogP contribution in [-0.2, 0) is 4.79 Å². The van der Waals surface area contributed by atoms with Crippen LogP contribution in [0.4, 0.5) is 4.39 Å². The molecule has 0 aliphatic rings. The molecule has 0 saturated carbocycles. The maximum Gasteiger partial charge on any atom is 0.293 e. The summed E-state index contributed by atoms with van der Waals surface area (Å²) >= 11 is 0. The Morgan fingerprint density at radius 2 is 2.36 bits per heavy atom. The van der Waals surface area contributed by atoms with Crippen molar-refractivity contribution in [1.82, 2.24) is 4.98 Å². The molecule has 0 atom stereocenters. The average molecular weight is 192 g/mol. The van der Waals surface area contributed by atoms with Gasteiger partial charge in [0.15, 0.2) is 6.29 Å². The molecule has 5 heteroatoms. The first-order valence-corrected chi connectivity index (χ1v) is 3.56. The molecule has 1 aromatic heterocycles. The van der Waals surface area contributed by atoms with Crippen molar-refractivity contribution in [3.8, 4) is 11.8 Å². The third kappa shape index (κ3) is 2.14. The molecular formula is C9H5FN2O2. The Hall–Kier alpha value is -2.22. The quantitative estimate of drug-likeness (QED) is 0.382. The average Bonchev–Trinajstić information content (AvgIpc) is 2.14. The molecule has 1 amide bonds. The van der Waals surface area contributed by atoms with Crippen LogP contribution in [0.25, 0.3) is 0 Å². The molecule has 0 aliphatic carbocycles. The highest BCUT2D eigenvalue weighted by molar-refractivity contribution is 5.93. The Balaban J connectivity index is 3.23. The second-order valence-electron chi connectivity index (χ2n) is 2.30. The molecule has 1 aromatic rings. The van der Waals surface area contributed by atoms with Gasteiger partial charge in [0.1, 0.15) is 0 Å². The van der Waals surface area contributed by atoms with E-state index in [1.54, 1.807) is 0 Å². The number of carbonyl (C=O) groups is 2. The van der Waals surface area contributed by atoms with Gasteiger partial charge in [0.05, 0.1) is 5.56 Å². The highest BCUT2D eigenvalue weighted by Gasteiger charge is 2.06. The third-order valence-corrected chi connectivity index (χ3v) is 1.38. The van der Waals surface area contributed by atoms with Gasteiger partial charge in [-0.2, -0.15) is 4.39 Å². The number of aromatic nitrogens is 1. The first-order valence-electron chi connectivity index (χ1n) is 3.56. The lowest BCUT2D eigenvalue weighted by Gasteiger charge is -1.95. The predicted octanol–water partition coefficient (Wildman–Crippen LogP) is -0.130. The highest BCUT2D eigenvalue weighted by Crippen LogP contribution is 2.06. The molecule has 0 saturated heterocycles. The van der Waals surface area contributed by atoms with E-state index >= 15 is 0 Å². The summed E-state index contributed by atoms with van der Waals surface area (Å²) in [5.74, 6) is 2.50. The number of pyridine rings is 1. The number of amides is 1. The van der Waals surface area contributed by atoms with E-state index in [4.69, 9.17) is 5.73 Å². The van der Waals surface area contributed by atoms with Gasteiger partial charge in [-0.05, 0) is 6.07 Å². The number of nitrogens with zero attached hydrogens (tertiary/aromatic N) is 1. The summed E-state index contributed by atoms with van der Waals surface area (Å²) in [6.07, 6.45) is 1.43. The van der Waals surface area contributed by atoms with E-state index in [0.29, 0.717) is 0 Å². The van der Waals surface area contributed by atoms with Gasteiger partial charge in [-0.15, -0.1) is 0 Å². The largest absolute Gasteiger partial charge is 0.359 e. The van der Waals surface area contributed by atoms with Gasteiger partial charge in [0, 0.05) is 17.7 Å². The topological polar surface area (TPSA) is 73.1 Å². The Kier molecular flexibility index (Phi) is 2.92. The summed E-state index contributed by atoms with van der Waals surface area (Å²) in [6, 6.07) is 1.32. The smallest absolute Gasteiger partial charge is 0.293 e. The van der Waals surface area contributed by atoms with Crippen LogP contribution in [-0.4, -0.2) is 17.2 Å². The molecule has 4 nitrogen and oxygen atoms in total. The summed E-state index contributed by atoms with van der Waals surface area (Å²) < 4.78 is 12.8. The van der Waals surface area contributed by atoms with Crippen molar-refractivity contribution in [2.24, 2.45) is 5.73 Å². The van der Waals surface area contributed by atoms with Gasteiger partial charge in [0.2, 0.25) is 5.95 Å². The number of nitrogens with two attached hydrogens (primary N) is 1. The van der Waals surface area contributed by atoms with Crippen LogP contribution in [0.2, 0.25) is 0 Å². The second kappa shape index (κ2) is 4.14. The van der Waals surface area contributed by atoms with Crippen molar-refractivity contribution in [3.63, 3.8) is 0 Å². The van der Waals surface area contributed by atoms with Crippen LogP contribution in [0.5, 0.6) is 0 Å². The predicted molar refractivity (Wildman–Crippen MR) is 45.7 cm³/mol. The first kappa shape index (κ1) is 9.86. The minimum Gasteiger partial charge on any atom is -0.359 e. The standard InChI is InChI=1S/C9H5FN2O2/c10-9-7(5-13)6(3-4-12-9)1-2-8(11)14/h3-5H,(H2,11,14). The van der Waals surface area contributed by atoms with Crippen molar-refractivity contribution in [2.45, 2.75) is 0 Å². The van der Waals surface area contributed by atoms with Crippen LogP contribution in [0, 0.1) is 17.8 Å². The normalized spacial score (nSPS) is 8.64. The van der Waals surface area contributed by atoms with Gasteiger partial charge in [-0.3, -0.25) is 9.59 Å². The summed E-state index contributed by atoms with van der Waals surface area (Å²) in [5, 5.41) is 0. The Labute approximate surface area is 78.9 Å². The molecule has 1 rings (SSSR count). The molecule has 14 heavy (non-hydrogen) atoms. The van der Waals surface area contributed by atoms with Crippen LogP contribution in [0.3, 0.4) is 0 Å². The number of hydrogen-bond acceptors (Lipinski definition) is 3. The lowest BCUT2D eigenvalue weighted by Crippen LogP contribution is -2.06. The van der Waals surface area contributed by atoms with Crippen molar-refractivity contribution >= 4 is 12.2 Å². The van der Waals surface area contributed by atoms with Crippen molar-refractivity contribution in [2.75, 3.05) is 0 Å². The molecule has 0 unspecified atom stereocenters. The second-order valence-corrected chi connectivity index (χ2v) is 2.30. The van der Waals surface area contributed by atoms with E-state index in [-0.39, 0.29) is 17.4 Å². The molecule has 0 aromatic carbocycles. The van der Waals surface area contributed by atoms with Crippen molar-refractivity contribution < 1.29 is 14.0 Å². The molecule has 0 bridgehead atoms. The SMILES string of the molecule is NC(=O)C#Cc1ccnc(F)c1C=O.